The Bertz CT molecular complexity index is 778. The Balaban J connectivity index is 2.36. The average Bonchev–Trinajstić information content (AvgIpc) is 2.45. The van der Waals surface area contributed by atoms with E-state index in [4.69, 9.17) is 34.8 Å². The lowest BCUT2D eigenvalue weighted by molar-refractivity contribution is -0.385. The predicted octanol–water partition coefficient (Wildman–Crippen LogP) is 5.12. The van der Waals surface area contributed by atoms with E-state index in [-0.39, 0.29) is 32.0 Å². The number of carbonyl (C=O) groups excluding carboxylic acids is 1. The third-order valence-corrected chi connectivity index (χ3v) is 4.05. The summed E-state index contributed by atoms with van der Waals surface area (Å²) in [5.41, 5.74) is 0.663. The van der Waals surface area contributed by atoms with Gasteiger partial charge in [-0.15, -0.1) is 0 Å². The summed E-state index contributed by atoms with van der Waals surface area (Å²) in [5.74, 6) is -0.601. The monoisotopic (exact) mass is 358 g/mol. The van der Waals surface area contributed by atoms with Gasteiger partial charge in [-0.2, -0.15) is 0 Å². The molecule has 0 spiro atoms. The summed E-state index contributed by atoms with van der Waals surface area (Å²) < 4.78 is 0. The zero-order valence-electron chi connectivity index (χ0n) is 11.2. The summed E-state index contributed by atoms with van der Waals surface area (Å²) in [5, 5.41) is 13.8. The molecule has 0 aliphatic heterocycles. The van der Waals surface area contributed by atoms with Gasteiger partial charge in [0.05, 0.1) is 25.6 Å². The molecule has 0 atom stereocenters. The molecule has 2 aromatic carbocycles. The normalized spacial score (nSPS) is 10.4. The summed E-state index contributed by atoms with van der Waals surface area (Å²) in [4.78, 5) is 22.7. The summed E-state index contributed by atoms with van der Waals surface area (Å²) >= 11 is 17.8. The highest BCUT2D eigenvalue weighted by Crippen LogP contribution is 2.32. The van der Waals surface area contributed by atoms with Gasteiger partial charge in [-0.1, -0.05) is 40.9 Å². The minimum atomic E-state index is -0.601. The van der Waals surface area contributed by atoms with Crippen LogP contribution in [0.2, 0.25) is 15.1 Å². The van der Waals surface area contributed by atoms with Crippen LogP contribution in [0, 0.1) is 17.0 Å². The Morgan fingerprint density at radius 2 is 1.77 bits per heavy atom. The molecule has 0 aromatic heterocycles. The first kappa shape index (κ1) is 16.5. The van der Waals surface area contributed by atoms with Gasteiger partial charge in [0.25, 0.3) is 11.6 Å². The second kappa shape index (κ2) is 6.52. The van der Waals surface area contributed by atoms with E-state index in [0.29, 0.717) is 5.56 Å². The summed E-state index contributed by atoms with van der Waals surface area (Å²) in [6, 6.07) is 7.27. The molecule has 0 aliphatic carbocycles. The third kappa shape index (κ3) is 3.32. The van der Waals surface area contributed by atoms with Crippen LogP contribution < -0.4 is 5.32 Å². The van der Waals surface area contributed by atoms with Gasteiger partial charge < -0.3 is 5.32 Å². The number of nitro groups is 1. The zero-order chi connectivity index (χ0) is 16.4. The van der Waals surface area contributed by atoms with Crippen LogP contribution in [0.1, 0.15) is 15.9 Å². The maximum absolute atomic E-state index is 12.3. The van der Waals surface area contributed by atoms with Gasteiger partial charge in [-0.25, -0.2) is 0 Å². The van der Waals surface area contributed by atoms with Crippen molar-refractivity contribution in [3.05, 3.63) is 66.6 Å². The Morgan fingerprint density at radius 1 is 1.14 bits per heavy atom. The van der Waals surface area contributed by atoms with E-state index in [2.05, 4.69) is 5.32 Å². The van der Waals surface area contributed by atoms with Gasteiger partial charge in [0.2, 0.25) is 0 Å². The van der Waals surface area contributed by atoms with Gasteiger partial charge in [-0.05, 0) is 25.1 Å². The standard InChI is InChI=1S/C14H9Cl3N2O3/c1-7-2-3-8(6-11(7)19(21)22)18-14(20)12-9(15)4-5-10(16)13(12)17/h2-6H,1H3,(H,18,20). The van der Waals surface area contributed by atoms with Crippen molar-refractivity contribution in [3.63, 3.8) is 0 Å². The van der Waals surface area contributed by atoms with E-state index < -0.39 is 10.8 Å². The molecule has 114 valence electrons. The molecule has 1 N–H and O–H groups in total. The van der Waals surface area contributed by atoms with Gasteiger partial charge >= 0.3 is 0 Å². The number of aryl methyl sites for hydroxylation is 1. The second-order valence-electron chi connectivity index (χ2n) is 4.43. The van der Waals surface area contributed by atoms with Crippen LogP contribution in [0.4, 0.5) is 11.4 Å². The fourth-order valence-corrected chi connectivity index (χ4v) is 2.51. The molecule has 0 fully saturated rings. The highest BCUT2D eigenvalue weighted by atomic mass is 35.5. The van der Waals surface area contributed by atoms with E-state index in [1.807, 2.05) is 0 Å². The molecule has 0 unspecified atom stereocenters. The summed E-state index contributed by atoms with van der Waals surface area (Å²) in [6.45, 7) is 1.61. The number of anilines is 1. The quantitative estimate of drug-likeness (QED) is 0.470. The van der Waals surface area contributed by atoms with E-state index >= 15 is 0 Å². The van der Waals surface area contributed by atoms with Crippen molar-refractivity contribution in [1.82, 2.24) is 0 Å². The number of benzene rings is 2. The molecule has 5 nitrogen and oxygen atoms in total. The molecule has 0 radical (unpaired) electrons. The van der Waals surface area contributed by atoms with Gasteiger partial charge in [0.1, 0.15) is 0 Å². The maximum Gasteiger partial charge on any atom is 0.274 e. The minimum Gasteiger partial charge on any atom is -0.322 e. The van der Waals surface area contributed by atoms with Crippen LogP contribution in [0.25, 0.3) is 0 Å². The minimum absolute atomic E-state index is 0.0130. The number of hydrogen-bond donors (Lipinski definition) is 1. The van der Waals surface area contributed by atoms with E-state index in [1.165, 1.54) is 24.3 Å². The van der Waals surface area contributed by atoms with Crippen molar-refractivity contribution >= 4 is 52.1 Å². The topological polar surface area (TPSA) is 72.2 Å². The van der Waals surface area contributed by atoms with Crippen LogP contribution in [0.3, 0.4) is 0 Å². The van der Waals surface area contributed by atoms with Crippen molar-refractivity contribution in [2.45, 2.75) is 6.92 Å². The van der Waals surface area contributed by atoms with Crippen molar-refractivity contribution in [3.8, 4) is 0 Å². The number of hydrogen-bond acceptors (Lipinski definition) is 3. The molecule has 2 rings (SSSR count). The molecular formula is C14H9Cl3N2O3. The number of halogens is 3. The number of nitro benzene ring substituents is 1. The fraction of sp³-hybridized carbons (Fsp3) is 0.0714. The van der Waals surface area contributed by atoms with Crippen LogP contribution >= 0.6 is 34.8 Å². The van der Waals surface area contributed by atoms with E-state index in [1.54, 1.807) is 13.0 Å². The Morgan fingerprint density at radius 3 is 2.41 bits per heavy atom. The molecular weight excluding hydrogens is 351 g/mol. The maximum atomic E-state index is 12.3. The predicted molar refractivity (Wildman–Crippen MR) is 87.3 cm³/mol. The van der Waals surface area contributed by atoms with E-state index in [0.717, 1.165) is 0 Å². The smallest absolute Gasteiger partial charge is 0.274 e. The van der Waals surface area contributed by atoms with Gasteiger partial charge in [0.15, 0.2) is 0 Å². The number of carbonyl (C=O) groups is 1. The Labute approximate surface area is 140 Å². The van der Waals surface area contributed by atoms with E-state index in [9.17, 15) is 14.9 Å². The Hall–Kier alpha value is -1.82. The molecule has 0 bridgehead atoms. The average molecular weight is 360 g/mol. The van der Waals surface area contributed by atoms with Crippen molar-refractivity contribution in [1.29, 1.82) is 0 Å². The Kier molecular flexibility index (Phi) is 4.90. The van der Waals surface area contributed by atoms with Crippen molar-refractivity contribution in [2.75, 3.05) is 5.32 Å². The molecule has 1 amide bonds. The molecule has 0 heterocycles. The van der Waals surface area contributed by atoms with Crippen LogP contribution in [-0.4, -0.2) is 10.8 Å². The molecule has 0 aliphatic rings. The SMILES string of the molecule is Cc1ccc(NC(=O)c2c(Cl)ccc(Cl)c2Cl)cc1[N+](=O)[O-]. The molecule has 2 aromatic rings. The van der Waals surface area contributed by atoms with Crippen molar-refractivity contribution in [2.24, 2.45) is 0 Å². The van der Waals surface area contributed by atoms with Crippen molar-refractivity contribution < 1.29 is 9.72 Å². The molecule has 8 heteroatoms. The number of amides is 1. The lowest BCUT2D eigenvalue weighted by atomic mass is 10.1. The highest BCUT2D eigenvalue weighted by Gasteiger charge is 2.19. The first-order chi connectivity index (χ1) is 10.3. The molecule has 0 saturated carbocycles. The summed E-state index contributed by atoms with van der Waals surface area (Å²) in [7, 11) is 0. The lowest BCUT2D eigenvalue weighted by Gasteiger charge is -2.10. The lowest BCUT2D eigenvalue weighted by Crippen LogP contribution is -2.13. The molecule has 0 saturated heterocycles. The van der Waals surface area contributed by atoms with Crippen LogP contribution in [0.15, 0.2) is 30.3 Å². The number of rotatable bonds is 3. The van der Waals surface area contributed by atoms with Crippen LogP contribution in [0.5, 0.6) is 0 Å². The first-order valence-electron chi connectivity index (χ1n) is 6.01. The third-order valence-electron chi connectivity index (χ3n) is 2.93. The van der Waals surface area contributed by atoms with Gasteiger partial charge in [-0.3, -0.25) is 14.9 Å². The largest absolute Gasteiger partial charge is 0.322 e. The highest BCUT2D eigenvalue weighted by molar-refractivity contribution is 6.46. The number of nitrogens with one attached hydrogen (secondary N) is 1. The number of nitrogens with zero attached hydrogens (tertiary/aromatic N) is 1. The van der Waals surface area contributed by atoms with Gasteiger partial charge in [0, 0.05) is 17.3 Å². The fourth-order valence-electron chi connectivity index (χ4n) is 1.81. The van der Waals surface area contributed by atoms with Crippen LogP contribution in [-0.2, 0) is 0 Å². The first-order valence-corrected chi connectivity index (χ1v) is 7.14. The second-order valence-corrected chi connectivity index (χ2v) is 5.62. The summed E-state index contributed by atoms with van der Waals surface area (Å²) in [6.07, 6.45) is 0. The zero-order valence-corrected chi connectivity index (χ0v) is 13.5. The molecule has 22 heavy (non-hydrogen) atoms.